The third-order valence-electron chi connectivity index (χ3n) is 4.52. The number of nitrogens with zero attached hydrogens (tertiary/aromatic N) is 1. The van der Waals surface area contributed by atoms with Gasteiger partial charge >= 0.3 is 0 Å². The number of piperidine rings is 1. The molecule has 1 atom stereocenters. The summed E-state index contributed by atoms with van der Waals surface area (Å²) in [5.41, 5.74) is 4.57. The first kappa shape index (κ1) is 14.9. The molecule has 1 N–H and O–H groups in total. The van der Waals surface area contributed by atoms with Crippen LogP contribution in [0.1, 0.15) is 50.8 Å². The van der Waals surface area contributed by atoms with Crippen molar-refractivity contribution in [2.45, 2.75) is 52.0 Å². The molecule has 1 saturated heterocycles. The molecule has 1 unspecified atom stereocenters. The highest BCUT2D eigenvalue weighted by atomic mass is 16.2. The predicted molar refractivity (Wildman–Crippen MR) is 90.9 cm³/mol. The number of fused-ring (bicyclic) bond motifs is 1. The topological polar surface area (TPSA) is 34.0 Å². The van der Waals surface area contributed by atoms with E-state index in [-0.39, 0.29) is 17.4 Å². The summed E-state index contributed by atoms with van der Waals surface area (Å²) in [5, 5.41) is 4.15. The smallest absolute Gasteiger partial charge is 0.247 e. The number of aromatic nitrogens is 1. The summed E-state index contributed by atoms with van der Waals surface area (Å²) in [6, 6.07) is 6.29. The maximum atomic E-state index is 12.4. The van der Waals surface area contributed by atoms with Crippen LogP contribution in [0.4, 0.5) is 0 Å². The minimum Gasteiger partial charge on any atom is -0.334 e. The fourth-order valence-electron chi connectivity index (χ4n) is 3.36. The first-order valence-corrected chi connectivity index (χ1v) is 7.88. The Hall–Kier alpha value is -2.03. The molecule has 0 saturated carbocycles. The lowest BCUT2D eigenvalue weighted by molar-refractivity contribution is -0.124. The number of allylic oxidation sites excluding steroid dienone is 1. The summed E-state index contributed by atoms with van der Waals surface area (Å²) in [6.07, 6.45) is 3.78. The number of hydrogen-bond donors (Lipinski definition) is 1. The fraction of sp³-hybridized carbons (Fsp3) is 0.421. The summed E-state index contributed by atoms with van der Waals surface area (Å²) < 4.78 is 2.17. The molecular weight excluding hydrogens is 272 g/mol. The third-order valence-corrected chi connectivity index (χ3v) is 4.52. The Bertz CT molecular complexity index is 762. The number of para-hydroxylation sites is 1. The first-order chi connectivity index (χ1) is 10.3. The van der Waals surface area contributed by atoms with Gasteiger partial charge in [-0.2, -0.15) is 0 Å². The Morgan fingerprint density at radius 3 is 2.68 bits per heavy atom. The van der Waals surface area contributed by atoms with Crippen molar-refractivity contribution in [1.82, 2.24) is 9.88 Å². The molecule has 116 valence electrons. The molecule has 0 aliphatic carbocycles. The van der Waals surface area contributed by atoms with E-state index in [0.29, 0.717) is 0 Å². The molecule has 1 aliphatic rings. The predicted octanol–water partition coefficient (Wildman–Crippen LogP) is 4.21. The van der Waals surface area contributed by atoms with Gasteiger partial charge in [-0.15, -0.1) is 0 Å². The maximum absolute atomic E-state index is 12.4. The monoisotopic (exact) mass is 296 g/mol. The highest BCUT2D eigenvalue weighted by molar-refractivity contribution is 5.91. The van der Waals surface area contributed by atoms with E-state index < -0.39 is 0 Å². The standard InChI is InChI=1S/C19H24N2O/c1-12-11-21(16-10-9-13(2)20-18(16)22)17-14(12)7-6-8-15(17)19(3,4)5/h6-8,11,16H,2,9-10H2,1,3-5H3,(H,20,22). The van der Waals surface area contributed by atoms with E-state index in [2.05, 4.69) is 68.6 Å². The molecule has 0 radical (unpaired) electrons. The van der Waals surface area contributed by atoms with E-state index in [1.165, 1.54) is 22.0 Å². The molecule has 1 fully saturated rings. The zero-order valence-electron chi connectivity index (χ0n) is 13.9. The number of carbonyl (C=O) groups is 1. The van der Waals surface area contributed by atoms with E-state index in [9.17, 15) is 4.79 Å². The van der Waals surface area contributed by atoms with Crippen LogP contribution in [0, 0.1) is 6.92 Å². The molecule has 3 rings (SSSR count). The van der Waals surface area contributed by atoms with E-state index in [0.717, 1.165) is 18.5 Å². The van der Waals surface area contributed by atoms with Gasteiger partial charge in [-0.05, 0) is 36.3 Å². The Kier molecular flexibility index (Phi) is 3.39. The van der Waals surface area contributed by atoms with Crippen LogP contribution in [0.25, 0.3) is 10.9 Å². The lowest BCUT2D eigenvalue weighted by Crippen LogP contribution is -2.36. The van der Waals surface area contributed by atoms with Gasteiger partial charge in [0.1, 0.15) is 6.04 Å². The number of rotatable bonds is 1. The van der Waals surface area contributed by atoms with Crippen molar-refractivity contribution in [2.75, 3.05) is 0 Å². The minimum atomic E-state index is -0.148. The molecule has 1 aromatic heterocycles. The molecule has 3 nitrogen and oxygen atoms in total. The SMILES string of the molecule is C=C1CCC(n2cc(C)c3cccc(C(C)(C)C)c32)C(=O)N1. The highest BCUT2D eigenvalue weighted by Gasteiger charge is 2.29. The van der Waals surface area contributed by atoms with Crippen LogP contribution in [0.3, 0.4) is 0 Å². The van der Waals surface area contributed by atoms with Crippen LogP contribution < -0.4 is 5.32 Å². The van der Waals surface area contributed by atoms with Crippen LogP contribution >= 0.6 is 0 Å². The average molecular weight is 296 g/mol. The van der Waals surface area contributed by atoms with E-state index in [1.54, 1.807) is 0 Å². The van der Waals surface area contributed by atoms with Gasteiger partial charge in [0, 0.05) is 17.3 Å². The second-order valence-electron chi connectivity index (χ2n) is 7.32. The highest BCUT2D eigenvalue weighted by Crippen LogP contribution is 2.36. The Balaban J connectivity index is 2.22. The summed E-state index contributed by atoms with van der Waals surface area (Å²) in [7, 11) is 0. The maximum Gasteiger partial charge on any atom is 0.247 e. The molecule has 1 aromatic carbocycles. The zero-order chi connectivity index (χ0) is 16.1. The van der Waals surface area contributed by atoms with Crippen molar-refractivity contribution in [3.63, 3.8) is 0 Å². The largest absolute Gasteiger partial charge is 0.334 e. The van der Waals surface area contributed by atoms with Crippen molar-refractivity contribution in [3.05, 3.63) is 47.8 Å². The summed E-state index contributed by atoms with van der Waals surface area (Å²) in [4.78, 5) is 12.4. The Morgan fingerprint density at radius 1 is 1.32 bits per heavy atom. The van der Waals surface area contributed by atoms with Crippen molar-refractivity contribution in [1.29, 1.82) is 0 Å². The number of amides is 1. The fourth-order valence-corrected chi connectivity index (χ4v) is 3.36. The quantitative estimate of drug-likeness (QED) is 0.840. The average Bonchev–Trinajstić information content (AvgIpc) is 2.75. The first-order valence-electron chi connectivity index (χ1n) is 7.88. The number of nitrogens with one attached hydrogen (secondary N) is 1. The Labute approximate surface area is 132 Å². The molecule has 2 heterocycles. The van der Waals surface area contributed by atoms with Crippen LogP contribution in [0.5, 0.6) is 0 Å². The molecular formula is C19H24N2O. The minimum absolute atomic E-state index is 0.0385. The Morgan fingerprint density at radius 2 is 2.05 bits per heavy atom. The molecule has 3 heteroatoms. The zero-order valence-corrected chi connectivity index (χ0v) is 13.9. The lowest BCUT2D eigenvalue weighted by atomic mass is 9.85. The number of hydrogen-bond acceptors (Lipinski definition) is 1. The molecule has 1 aliphatic heterocycles. The second kappa shape index (κ2) is 5.01. The van der Waals surface area contributed by atoms with Crippen LogP contribution in [0.15, 0.2) is 36.7 Å². The van der Waals surface area contributed by atoms with E-state index in [1.807, 2.05) is 0 Å². The molecule has 22 heavy (non-hydrogen) atoms. The van der Waals surface area contributed by atoms with Crippen LogP contribution in [0.2, 0.25) is 0 Å². The third kappa shape index (κ3) is 2.35. The molecule has 2 aromatic rings. The van der Waals surface area contributed by atoms with E-state index in [4.69, 9.17) is 0 Å². The van der Waals surface area contributed by atoms with Crippen molar-refractivity contribution < 1.29 is 4.79 Å². The van der Waals surface area contributed by atoms with E-state index >= 15 is 0 Å². The van der Waals surface area contributed by atoms with Crippen LogP contribution in [-0.2, 0) is 10.2 Å². The molecule has 1 amide bonds. The van der Waals surface area contributed by atoms with Crippen molar-refractivity contribution in [3.8, 4) is 0 Å². The normalized spacial score (nSPS) is 19.5. The van der Waals surface area contributed by atoms with Crippen molar-refractivity contribution in [2.24, 2.45) is 0 Å². The number of aryl methyl sites for hydroxylation is 1. The van der Waals surface area contributed by atoms with Gasteiger partial charge in [0.15, 0.2) is 0 Å². The van der Waals surface area contributed by atoms with Gasteiger partial charge in [0.2, 0.25) is 5.91 Å². The van der Waals surface area contributed by atoms with Crippen LogP contribution in [-0.4, -0.2) is 10.5 Å². The summed E-state index contributed by atoms with van der Waals surface area (Å²) in [6.45, 7) is 12.7. The summed E-state index contributed by atoms with van der Waals surface area (Å²) >= 11 is 0. The van der Waals surface area contributed by atoms with Gasteiger partial charge < -0.3 is 9.88 Å². The van der Waals surface area contributed by atoms with Gasteiger partial charge in [-0.1, -0.05) is 45.5 Å². The van der Waals surface area contributed by atoms with Gasteiger partial charge in [0.05, 0.1) is 5.52 Å². The van der Waals surface area contributed by atoms with Crippen molar-refractivity contribution >= 4 is 16.8 Å². The van der Waals surface area contributed by atoms with Gasteiger partial charge in [0.25, 0.3) is 0 Å². The number of benzene rings is 1. The van der Waals surface area contributed by atoms with Gasteiger partial charge in [-0.25, -0.2) is 0 Å². The van der Waals surface area contributed by atoms with Gasteiger partial charge in [-0.3, -0.25) is 4.79 Å². The second-order valence-corrected chi connectivity index (χ2v) is 7.32. The lowest BCUT2D eigenvalue weighted by Gasteiger charge is -2.28. The summed E-state index contributed by atoms with van der Waals surface area (Å²) in [5.74, 6) is 0.0527. The molecule has 0 spiro atoms. The molecule has 0 bridgehead atoms. The number of carbonyl (C=O) groups excluding carboxylic acids is 1.